The molecule has 21 heavy (non-hydrogen) atoms. The molecule has 0 amide bonds. The average Bonchev–Trinajstić information content (AvgIpc) is 2.32. The van der Waals surface area contributed by atoms with Crippen molar-refractivity contribution in [2.75, 3.05) is 6.54 Å². The molecule has 0 saturated carbocycles. The van der Waals surface area contributed by atoms with Crippen molar-refractivity contribution in [3.8, 4) is 5.75 Å². The van der Waals surface area contributed by atoms with Gasteiger partial charge in [0.05, 0.1) is 6.10 Å². The van der Waals surface area contributed by atoms with Gasteiger partial charge in [0.25, 0.3) is 0 Å². The van der Waals surface area contributed by atoms with Crippen molar-refractivity contribution in [3.63, 3.8) is 0 Å². The van der Waals surface area contributed by atoms with E-state index >= 15 is 0 Å². The minimum absolute atomic E-state index is 0.147. The van der Waals surface area contributed by atoms with Crippen LogP contribution in [0.15, 0.2) is 24.3 Å². The van der Waals surface area contributed by atoms with Gasteiger partial charge in [0.2, 0.25) is 0 Å². The van der Waals surface area contributed by atoms with E-state index in [1.165, 1.54) is 5.56 Å². The zero-order valence-corrected chi connectivity index (χ0v) is 13.9. The molecule has 0 aromatic heterocycles. The molecule has 1 aliphatic rings. The number of hydrogen-bond donors (Lipinski definition) is 2. The first-order valence-electron chi connectivity index (χ1n) is 7.86. The van der Waals surface area contributed by atoms with E-state index in [9.17, 15) is 5.11 Å². The monoisotopic (exact) mass is 291 g/mol. The van der Waals surface area contributed by atoms with Gasteiger partial charge in [-0.25, -0.2) is 0 Å². The molecule has 2 atom stereocenters. The largest absolute Gasteiger partial charge is 0.487 e. The smallest absolute Gasteiger partial charge is 0.124 e. The third-order valence-corrected chi connectivity index (χ3v) is 3.82. The predicted octanol–water partition coefficient (Wildman–Crippen LogP) is 3.68. The first-order chi connectivity index (χ1) is 9.66. The highest BCUT2D eigenvalue weighted by atomic mass is 16.5. The maximum Gasteiger partial charge on any atom is 0.124 e. The summed E-state index contributed by atoms with van der Waals surface area (Å²) in [6, 6.07) is 8.42. The van der Waals surface area contributed by atoms with Crippen LogP contribution < -0.4 is 10.1 Å². The van der Waals surface area contributed by atoms with E-state index in [1.54, 1.807) is 0 Å². The fraction of sp³-hybridized carbons (Fsp3) is 0.667. The summed E-state index contributed by atoms with van der Waals surface area (Å²) in [5.41, 5.74) is 1.16. The lowest BCUT2D eigenvalue weighted by molar-refractivity contribution is 0.0588. The van der Waals surface area contributed by atoms with Gasteiger partial charge in [0.1, 0.15) is 11.4 Å². The highest BCUT2D eigenvalue weighted by Gasteiger charge is 2.33. The SMILES string of the molecule is CC(C)(C)CC(O)CNC1CC(C)(C)Oc2ccccc21. The second kappa shape index (κ2) is 5.98. The van der Waals surface area contributed by atoms with E-state index in [0.29, 0.717) is 6.54 Å². The lowest BCUT2D eigenvalue weighted by atomic mass is 9.88. The number of ether oxygens (including phenoxy) is 1. The number of fused-ring (bicyclic) bond motifs is 1. The fourth-order valence-corrected chi connectivity index (χ4v) is 3.04. The van der Waals surface area contributed by atoms with Crippen molar-refractivity contribution in [1.29, 1.82) is 0 Å². The molecule has 0 spiro atoms. The number of hydrogen-bond acceptors (Lipinski definition) is 3. The predicted molar refractivity (Wildman–Crippen MR) is 86.6 cm³/mol. The Labute approximate surface area is 128 Å². The highest BCUT2D eigenvalue weighted by molar-refractivity contribution is 5.38. The molecule has 2 rings (SSSR count). The van der Waals surface area contributed by atoms with Gasteiger partial charge < -0.3 is 15.2 Å². The number of nitrogens with one attached hydrogen (secondary N) is 1. The Morgan fingerprint density at radius 2 is 2.00 bits per heavy atom. The number of aliphatic hydroxyl groups excluding tert-OH is 1. The molecule has 1 aromatic rings. The van der Waals surface area contributed by atoms with Crippen LogP contribution in [-0.4, -0.2) is 23.4 Å². The molecule has 0 aliphatic carbocycles. The van der Waals surface area contributed by atoms with Crippen molar-refractivity contribution < 1.29 is 9.84 Å². The molecule has 2 N–H and O–H groups in total. The van der Waals surface area contributed by atoms with Gasteiger partial charge in [0, 0.05) is 24.6 Å². The van der Waals surface area contributed by atoms with E-state index < -0.39 is 0 Å². The second-order valence-electron chi connectivity index (χ2n) is 7.98. The van der Waals surface area contributed by atoms with E-state index in [2.05, 4.69) is 46.0 Å². The molecule has 3 heteroatoms. The maximum absolute atomic E-state index is 10.2. The number of para-hydroxylation sites is 1. The molecule has 118 valence electrons. The Morgan fingerprint density at radius 3 is 2.67 bits per heavy atom. The summed E-state index contributed by atoms with van der Waals surface area (Å²) >= 11 is 0. The Morgan fingerprint density at radius 1 is 1.33 bits per heavy atom. The molecule has 0 fully saturated rings. The van der Waals surface area contributed by atoms with Gasteiger partial charge in [0.15, 0.2) is 0 Å². The summed E-state index contributed by atoms with van der Waals surface area (Å²) in [5, 5.41) is 13.7. The van der Waals surface area contributed by atoms with Gasteiger partial charge in [-0.2, -0.15) is 0 Å². The van der Waals surface area contributed by atoms with Gasteiger partial charge >= 0.3 is 0 Å². The number of rotatable bonds is 4. The van der Waals surface area contributed by atoms with Gasteiger partial charge in [-0.05, 0) is 31.7 Å². The number of aliphatic hydroxyl groups is 1. The lowest BCUT2D eigenvalue weighted by Crippen LogP contribution is -2.41. The van der Waals surface area contributed by atoms with Crippen LogP contribution >= 0.6 is 0 Å². The van der Waals surface area contributed by atoms with Crippen molar-refractivity contribution in [1.82, 2.24) is 5.32 Å². The van der Waals surface area contributed by atoms with E-state index in [0.717, 1.165) is 18.6 Å². The molecule has 1 aliphatic heterocycles. The summed E-state index contributed by atoms with van der Waals surface area (Å²) in [6.45, 7) is 11.3. The summed E-state index contributed by atoms with van der Waals surface area (Å²) < 4.78 is 6.03. The third-order valence-electron chi connectivity index (χ3n) is 3.82. The first-order valence-corrected chi connectivity index (χ1v) is 7.86. The van der Waals surface area contributed by atoms with Crippen LogP contribution in [-0.2, 0) is 0 Å². The second-order valence-corrected chi connectivity index (χ2v) is 7.98. The average molecular weight is 291 g/mol. The highest BCUT2D eigenvalue weighted by Crippen LogP contribution is 2.39. The molecule has 0 radical (unpaired) electrons. The summed E-state index contributed by atoms with van der Waals surface area (Å²) in [7, 11) is 0. The standard InChI is InChI=1S/C18H29NO2/c1-17(2,3)10-13(20)12-19-15-11-18(4,5)21-16-9-7-6-8-14(15)16/h6-9,13,15,19-20H,10-12H2,1-5H3. The minimum atomic E-state index is -0.317. The molecular weight excluding hydrogens is 262 g/mol. The number of benzene rings is 1. The van der Waals surface area contributed by atoms with Crippen LogP contribution in [0.5, 0.6) is 5.75 Å². The van der Waals surface area contributed by atoms with Crippen molar-refractivity contribution >= 4 is 0 Å². The topological polar surface area (TPSA) is 41.5 Å². The summed E-state index contributed by atoms with van der Waals surface area (Å²) in [6.07, 6.45) is 1.39. The fourth-order valence-electron chi connectivity index (χ4n) is 3.04. The summed E-state index contributed by atoms with van der Waals surface area (Å²) in [4.78, 5) is 0. The van der Waals surface area contributed by atoms with E-state index in [4.69, 9.17) is 4.74 Å². The molecule has 1 heterocycles. The van der Waals surface area contributed by atoms with Crippen molar-refractivity contribution in [2.24, 2.45) is 5.41 Å². The molecule has 1 aromatic carbocycles. The van der Waals surface area contributed by atoms with Crippen molar-refractivity contribution in [3.05, 3.63) is 29.8 Å². The van der Waals surface area contributed by atoms with Crippen LogP contribution in [0.4, 0.5) is 0 Å². The minimum Gasteiger partial charge on any atom is -0.487 e. The van der Waals surface area contributed by atoms with Crippen LogP contribution in [0.3, 0.4) is 0 Å². The van der Waals surface area contributed by atoms with Crippen LogP contribution in [0.25, 0.3) is 0 Å². The third kappa shape index (κ3) is 4.72. The molecule has 0 saturated heterocycles. The van der Waals surface area contributed by atoms with Crippen LogP contribution in [0.2, 0.25) is 0 Å². The van der Waals surface area contributed by atoms with Gasteiger partial charge in [-0.15, -0.1) is 0 Å². The molecular formula is C18H29NO2. The normalized spacial score (nSPS) is 22.3. The Hall–Kier alpha value is -1.06. The Balaban J connectivity index is 2.03. The molecule has 2 unspecified atom stereocenters. The van der Waals surface area contributed by atoms with Crippen molar-refractivity contribution in [2.45, 2.75) is 65.2 Å². The molecule has 0 bridgehead atoms. The maximum atomic E-state index is 10.2. The molecule has 3 nitrogen and oxygen atoms in total. The zero-order valence-electron chi connectivity index (χ0n) is 13.9. The quantitative estimate of drug-likeness (QED) is 0.889. The lowest BCUT2D eigenvalue weighted by Gasteiger charge is -2.38. The van der Waals surface area contributed by atoms with E-state index in [-0.39, 0.29) is 23.2 Å². The summed E-state index contributed by atoms with van der Waals surface area (Å²) in [5.74, 6) is 0.955. The Bertz CT molecular complexity index is 476. The van der Waals surface area contributed by atoms with Crippen LogP contribution in [0.1, 0.15) is 59.1 Å². The first kappa shape index (κ1) is 16.3. The van der Waals surface area contributed by atoms with Crippen LogP contribution in [0, 0.1) is 5.41 Å². The Kier molecular flexibility index (Phi) is 4.64. The van der Waals surface area contributed by atoms with Gasteiger partial charge in [-0.1, -0.05) is 39.0 Å². The van der Waals surface area contributed by atoms with E-state index in [1.807, 2.05) is 18.2 Å². The zero-order chi connectivity index (χ0) is 15.7. The van der Waals surface area contributed by atoms with Gasteiger partial charge in [-0.3, -0.25) is 0 Å².